The van der Waals surface area contributed by atoms with E-state index in [1.807, 2.05) is 6.92 Å². The number of hydrogen-bond acceptors (Lipinski definition) is 10. The summed E-state index contributed by atoms with van der Waals surface area (Å²) < 4.78 is 12.5. The number of hydrogen-bond donors (Lipinski definition) is 8. The standard InChI is InChI=1S/C24H46O10/c1-16-14-22(16,32)10-9-21(31)24(20(30)8-5-13-27)23(18(28)6-3-11-25,19(29)7-4-12-26)33-15-17(2)34-24/h16-21,25-32H,3-15H2,1-2H3. The van der Waals surface area contributed by atoms with Gasteiger partial charge >= 0.3 is 0 Å². The Morgan fingerprint density at radius 1 is 0.735 bits per heavy atom. The molecule has 1 saturated carbocycles. The summed E-state index contributed by atoms with van der Waals surface area (Å²) in [6, 6.07) is 0. The maximum Gasteiger partial charge on any atom is 0.154 e. The summed E-state index contributed by atoms with van der Waals surface area (Å²) in [5, 5.41) is 84.6. The van der Waals surface area contributed by atoms with Crippen molar-refractivity contribution in [2.75, 3.05) is 26.4 Å². The third-order valence-electron chi connectivity index (χ3n) is 7.72. The largest absolute Gasteiger partial charge is 0.396 e. The molecule has 0 amide bonds. The lowest BCUT2D eigenvalue weighted by atomic mass is 9.64. The first-order valence-electron chi connectivity index (χ1n) is 12.6. The van der Waals surface area contributed by atoms with E-state index in [2.05, 4.69) is 0 Å². The van der Waals surface area contributed by atoms with E-state index in [1.54, 1.807) is 6.92 Å². The number of aliphatic hydroxyl groups is 8. The van der Waals surface area contributed by atoms with Crippen molar-refractivity contribution in [1.82, 2.24) is 0 Å². The molecular weight excluding hydrogens is 448 g/mol. The van der Waals surface area contributed by atoms with Crippen LogP contribution in [0.1, 0.15) is 71.6 Å². The highest BCUT2D eigenvalue weighted by Crippen LogP contribution is 2.51. The van der Waals surface area contributed by atoms with Crippen LogP contribution < -0.4 is 0 Å². The van der Waals surface area contributed by atoms with Crippen molar-refractivity contribution in [2.45, 2.75) is 119 Å². The van der Waals surface area contributed by atoms with Gasteiger partial charge in [-0.3, -0.25) is 0 Å². The van der Waals surface area contributed by atoms with E-state index >= 15 is 0 Å². The summed E-state index contributed by atoms with van der Waals surface area (Å²) in [4.78, 5) is 0. The fraction of sp³-hybridized carbons (Fsp3) is 1.00. The van der Waals surface area contributed by atoms with Crippen LogP contribution in [0, 0.1) is 5.92 Å². The monoisotopic (exact) mass is 494 g/mol. The van der Waals surface area contributed by atoms with Gasteiger partial charge in [0, 0.05) is 19.8 Å². The Kier molecular flexibility index (Phi) is 11.2. The zero-order valence-electron chi connectivity index (χ0n) is 20.6. The summed E-state index contributed by atoms with van der Waals surface area (Å²) >= 11 is 0. The summed E-state index contributed by atoms with van der Waals surface area (Å²) in [5.41, 5.74) is -4.89. The van der Waals surface area contributed by atoms with E-state index in [0.29, 0.717) is 6.42 Å². The van der Waals surface area contributed by atoms with Crippen molar-refractivity contribution in [3.05, 3.63) is 0 Å². The highest BCUT2D eigenvalue weighted by atomic mass is 16.6. The maximum atomic E-state index is 11.6. The van der Waals surface area contributed by atoms with Gasteiger partial charge in [-0.15, -0.1) is 0 Å². The molecule has 8 atom stereocenters. The van der Waals surface area contributed by atoms with E-state index in [1.165, 1.54) is 0 Å². The second-order valence-electron chi connectivity index (χ2n) is 10.2. The minimum absolute atomic E-state index is 0.00546. The van der Waals surface area contributed by atoms with E-state index in [9.17, 15) is 40.9 Å². The molecule has 10 heteroatoms. The van der Waals surface area contributed by atoms with Gasteiger partial charge in [-0.2, -0.15) is 0 Å². The van der Waals surface area contributed by atoms with Crippen molar-refractivity contribution < 1.29 is 50.3 Å². The zero-order valence-corrected chi connectivity index (χ0v) is 20.6. The van der Waals surface area contributed by atoms with E-state index in [4.69, 9.17) is 9.47 Å². The van der Waals surface area contributed by atoms with Crippen molar-refractivity contribution in [1.29, 1.82) is 0 Å². The molecule has 2 aliphatic rings. The van der Waals surface area contributed by atoms with E-state index < -0.39 is 47.3 Å². The Morgan fingerprint density at radius 2 is 1.15 bits per heavy atom. The molecule has 8 N–H and O–H groups in total. The Balaban J connectivity index is 2.58. The van der Waals surface area contributed by atoms with E-state index in [-0.39, 0.29) is 83.7 Å². The van der Waals surface area contributed by atoms with Crippen LogP contribution in [-0.4, -0.2) is 115 Å². The van der Waals surface area contributed by atoms with Gasteiger partial charge in [0.25, 0.3) is 0 Å². The molecule has 202 valence electrons. The molecule has 1 heterocycles. The fourth-order valence-electron chi connectivity index (χ4n) is 5.58. The molecule has 2 rings (SSSR count). The number of rotatable bonds is 16. The molecule has 1 aliphatic heterocycles. The normalized spacial score (nSPS) is 37.2. The smallest absolute Gasteiger partial charge is 0.154 e. The molecule has 34 heavy (non-hydrogen) atoms. The van der Waals surface area contributed by atoms with Crippen molar-refractivity contribution in [3.8, 4) is 0 Å². The van der Waals surface area contributed by atoms with Crippen LogP contribution in [0.4, 0.5) is 0 Å². The predicted molar refractivity (Wildman–Crippen MR) is 123 cm³/mol. The molecule has 10 nitrogen and oxygen atoms in total. The lowest BCUT2D eigenvalue weighted by Gasteiger charge is -2.61. The van der Waals surface area contributed by atoms with Gasteiger partial charge in [0.05, 0.1) is 42.7 Å². The number of ether oxygens (including phenoxy) is 2. The van der Waals surface area contributed by atoms with Crippen LogP contribution in [-0.2, 0) is 9.47 Å². The molecule has 0 aromatic carbocycles. The molecule has 0 radical (unpaired) electrons. The van der Waals surface area contributed by atoms with Crippen LogP contribution in [0.2, 0.25) is 0 Å². The summed E-state index contributed by atoms with van der Waals surface area (Å²) in [5.74, 6) is 0.0763. The molecule has 1 aliphatic carbocycles. The Bertz CT molecular complexity index is 592. The zero-order chi connectivity index (χ0) is 25.6. The van der Waals surface area contributed by atoms with Gasteiger partial charge in [0.1, 0.15) is 0 Å². The summed E-state index contributed by atoms with van der Waals surface area (Å²) in [7, 11) is 0. The highest BCUT2D eigenvalue weighted by molar-refractivity contribution is 5.19. The van der Waals surface area contributed by atoms with Crippen molar-refractivity contribution in [3.63, 3.8) is 0 Å². The van der Waals surface area contributed by atoms with Gasteiger partial charge in [-0.05, 0) is 70.6 Å². The van der Waals surface area contributed by atoms with Crippen molar-refractivity contribution >= 4 is 0 Å². The number of aliphatic hydroxyl groups excluding tert-OH is 7. The molecule has 0 spiro atoms. The quantitative estimate of drug-likeness (QED) is 0.135. The Morgan fingerprint density at radius 3 is 1.56 bits per heavy atom. The van der Waals surface area contributed by atoms with Gasteiger partial charge < -0.3 is 50.3 Å². The summed E-state index contributed by atoms with van der Waals surface area (Å²) in [6.45, 7) is 2.93. The average molecular weight is 495 g/mol. The van der Waals surface area contributed by atoms with Crippen LogP contribution in [0.3, 0.4) is 0 Å². The highest BCUT2D eigenvalue weighted by Gasteiger charge is 2.70. The first-order valence-corrected chi connectivity index (χ1v) is 12.6. The molecule has 0 bridgehead atoms. The van der Waals surface area contributed by atoms with Gasteiger partial charge in [0.15, 0.2) is 11.2 Å². The minimum Gasteiger partial charge on any atom is -0.396 e. The topological polar surface area (TPSA) is 180 Å². The average Bonchev–Trinajstić information content (AvgIpc) is 3.43. The third-order valence-corrected chi connectivity index (χ3v) is 7.72. The SMILES string of the molecule is CC1COC(C(O)CCCO)(C(O)CCCO)C(C(O)CCCO)(C(O)CCC2(O)CC2C)O1. The molecular formula is C24H46O10. The van der Waals surface area contributed by atoms with E-state index in [0.717, 1.165) is 0 Å². The maximum absolute atomic E-state index is 11.6. The predicted octanol–water partition coefficient (Wildman–Crippen LogP) is -0.788. The Labute approximate surface area is 202 Å². The second-order valence-corrected chi connectivity index (χ2v) is 10.2. The Hall–Kier alpha value is -0.400. The van der Waals surface area contributed by atoms with Crippen LogP contribution in [0.5, 0.6) is 0 Å². The lowest BCUT2D eigenvalue weighted by Crippen LogP contribution is -2.80. The molecule has 1 saturated heterocycles. The first kappa shape index (κ1) is 29.8. The molecule has 0 aromatic heterocycles. The van der Waals surface area contributed by atoms with Gasteiger partial charge in [0.2, 0.25) is 0 Å². The molecule has 8 unspecified atom stereocenters. The second kappa shape index (κ2) is 12.7. The fourth-order valence-corrected chi connectivity index (χ4v) is 5.58. The molecule has 0 aromatic rings. The van der Waals surface area contributed by atoms with Crippen LogP contribution in [0.15, 0.2) is 0 Å². The first-order chi connectivity index (χ1) is 16.1. The minimum atomic E-state index is -1.99. The van der Waals surface area contributed by atoms with Gasteiger partial charge in [-0.1, -0.05) is 6.92 Å². The van der Waals surface area contributed by atoms with Crippen LogP contribution in [0.25, 0.3) is 0 Å². The van der Waals surface area contributed by atoms with Crippen molar-refractivity contribution in [2.24, 2.45) is 5.92 Å². The van der Waals surface area contributed by atoms with Gasteiger partial charge in [-0.25, -0.2) is 0 Å². The summed E-state index contributed by atoms with van der Waals surface area (Å²) in [6.07, 6.45) is -4.90. The lowest BCUT2D eigenvalue weighted by molar-refractivity contribution is -0.381. The van der Waals surface area contributed by atoms with Crippen LogP contribution >= 0.6 is 0 Å². The molecule has 2 fully saturated rings. The third kappa shape index (κ3) is 5.94.